The number of rotatable bonds is 4. The number of aryl methyl sites for hydroxylation is 1. The molecule has 1 fully saturated rings. The normalized spacial score (nSPS) is 23.7. The molecule has 0 aromatic carbocycles. The van der Waals surface area contributed by atoms with E-state index in [1.165, 1.54) is 7.11 Å². The van der Waals surface area contributed by atoms with Gasteiger partial charge < -0.3 is 10.1 Å². The zero-order chi connectivity index (χ0) is 13.0. The third-order valence-electron chi connectivity index (χ3n) is 3.53. The Morgan fingerprint density at radius 2 is 2.22 bits per heavy atom. The van der Waals surface area contributed by atoms with Crippen LogP contribution in [0.25, 0.3) is 0 Å². The third-order valence-corrected chi connectivity index (χ3v) is 3.53. The fourth-order valence-electron chi connectivity index (χ4n) is 2.45. The second-order valence-electron chi connectivity index (χ2n) is 4.65. The van der Waals surface area contributed by atoms with Gasteiger partial charge in [0.1, 0.15) is 5.82 Å². The SMILES string of the molecule is CCn1nncc1NC1CCC(C(=O)OC)CC1. The Morgan fingerprint density at radius 3 is 2.83 bits per heavy atom. The molecule has 0 spiro atoms. The molecule has 1 aliphatic carbocycles. The second kappa shape index (κ2) is 5.84. The van der Waals surface area contributed by atoms with Gasteiger partial charge in [-0.25, -0.2) is 4.68 Å². The van der Waals surface area contributed by atoms with Crippen LogP contribution in [0.2, 0.25) is 0 Å². The summed E-state index contributed by atoms with van der Waals surface area (Å²) in [5, 5.41) is 11.3. The largest absolute Gasteiger partial charge is 0.469 e. The van der Waals surface area contributed by atoms with E-state index in [-0.39, 0.29) is 11.9 Å². The summed E-state index contributed by atoms with van der Waals surface area (Å²) in [6.45, 7) is 2.84. The Bertz CT molecular complexity index is 397. The lowest BCUT2D eigenvalue weighted by Crippen LogP contribution is -2.30. The Morgan fingerprint density at radius 1 is 1.50 bits per heavy atom. The number of nitrogens with zero attached hydrogens (tertiary/aromatic N) is 3. The molecule has 18 heavy (non-hydrogen) atoms. The van der Waals surface area contributed by atoms with Gasteiger partial charge in [0.15, 0.2) is 0 Å². The smallest absolute Gasteiger partial charge is 0.308 e. The first kappa shape index (κ1) is 12.9. The molecule has 1 aliphatic rings. The molecule has 0 bridgehead atoms. The lowest BCUT2D eigenvalue weighted by atomic mass is 9.86. The number of esters is 1. The van der Waals surface area contributed by atoms with Crippen molar-refractivity contribution in [3.05, 3.63) is 6.20 Å². The molecule has 1 saturated carbocycles. The predicted octanol–water partition coefficient (Wildman–Crippen LogP) is 1.44. The van der Waals surface area contributed by atoms with E-state index in [1.807, 2.05) is 11.6 Å². The zero-order valence-electron chi connectivity index (χ0n) is 10.9. The van der Waals surface area contributed by atoms with Gasteiger partial charge in [0, 0.05) is 12.6 Å². The third kappa shape index (κ3) is 2.80. The van der Waals surface area contributed by atoms with Crippen LogP contribution in [0, 0.1) is 5.92 Å². The summed E-state index contributed by atoms with van der Waals surface area (Å²) in [5.41, 5.74) is 0. The molecule has 0 aliphatic heterocycles. The molecule has 1 N–H and O–H groups in total. The van der Waals surface area contributed by atoms with Crippen molar-refractivity contribution in [2.75, 3.05) is 12.4 Å². The number of aromatic nitrogens is 3. The summed E-state index contributed by atoms with van der Waals surface area (Å²) in [4.78, 5) is 11.4. The van der Waals surface area contributed by atoms with Crippen molar-refractivity contribution in [3.63, 3.8) is 0 Å². The molecule has 0 saturated heterocycles. The molecular weight excluding hydrogens is 232 g/mol. The van der Waals surface area contributed by atoms with Crippen LogP contribution in [0.5, 0.6) is 0 Å². The molecule has 6 heteroatoms. The van der Waals surface area contributed by atoms with Crippen LogP contribution < -0.4 is 5.32 Å². The van der Waals surface area contributed by atoms with Gasteiger partial charge in [-0.3, -0.25) is 4.79 Å². The van der Waals surface area contributed by atoms with Gasteiger partial charge in [-0.1, -0.05) is 5.21 Å². The maximum Gasteiger partial charge on any atom is 0.308 e. The van der Waals surface area contributed by atoms with Gasteiger partial charge in [0.05, 0.1) is 19.2 Å². The van der Waals surface area contributed by atoms with Gasteiger partial charge in [-0.05, 0) is 32.6 Å². The van der Waals surface area contributed by atoms with E-state index in [2.05, 4.69) is 15.6 Å². The molecule has 1 aromatic rings. The Hall–Kier alpha value is -1.59. The number of carbonyl (C=O) groups excluding carboxylic acids is 1. The molecule has 0 amide bonds. The van der Waals surface area contributed by atoms with E-state index >= 15 is 0 Å². The van der Waals surface area contributed by atoms with Gasteiger partial charge >= 0.3 is 5.97 Å². The first-order chi connectivity index (χ1) is 8.74. The van der Waals surface area contributed by atoms with Crippen molar-refractivity contribution in [1.82, 2.24) is 15.0 Å². The van der Waals surface area contributed by atoms with Crippen LogP contribution in [0.3, 0.4) is 0 Å². The van der Waals surface area contributed by atoms with Gasteiger partial charge in [-0.15, -0.1) is 5.10 Å². The molecule has 0 atom stereocenters. The van der Waals surface area contributed by atoms with E-state index in [0.717, 1.165) is 38.0 Å². The van der Waals surface area contributed by atoms with Crippen molar-refractivity contribution in [2.45, 2.75) is 45.2 Å². The van der Waals surface area contributed by atoms with Crippen molar-refractivity contribution in [2.24, 2.45) is 5.92 Å². The number of carbonyl (C=O) groups is 1. The highest BCUT2D eigenvalue weighted by Gasteiger charge is 2.27. The minimum absolute atomic E-state index is 0.0715. The second-order valence-corrected chi connectivity index (χ2v) is 4.65. The van der Waals surface area contributed by atoms with Crippen LogP contribution in [-0.4, -0.2) is 34.1 Å². The highest BCUT2D eigenvalue weighted by Crippen LogP contribution is 2.27. The van der Waals surface area contributed by atoms with E-state index in [4.69, 9.17) is 4.74 Å². The van der Waals surface area contributed by atoms with Crippen LogP contribution >= 0.6 is 0 Å². The molecule has 0 unspecified atom stereocenters. The monoisotopic (exact) mass is 252 g/mol. The average molecular weight is 252 g/mol. The summed E-state index contributed by atoms with van der Waals surface area (Å²) in [5.74, 6) is 0.954. The fraction of sp³-hybridized carbons (Fsp3) is 0.750. The molecule has 0 radical (unpaired) electrons. The summed E-state index contributed by atoms with van der Waals surface area (Å²) < 4.78 is 6.62. The summed E-state index contributed by atoms with van der Waals surface area (Å²) in [6, 6.07) is 0.398. The molecule has 1 aromatic heterocycles. The van der Waals surface area contributed by atoms with Crippen LogP contribution in [0.15, 0.2) is 6.20 Å². The van der Waals surface area contributed by atoms with E-state index in [9.17, 15) is 4.79 Å². The highest BCUT2D eigenvalue weighted by molar-refractivity contribution is 5.72. The van der Waals surface area contributed by atoms with Crippen LogP contribution in [-0.2, 0) is 16.1 Å². The van der Waals surface area contributed by atoms with Crippen molar-refractivity contribution in [3.8, 4) is 0 Å². The molecule has 2 rings (SSSR count). The number of anilines is 1. The Balaban J connectivity index is 1.85. The Kier molecular flexibility index (Phi) is 4.17. The van der Waals surface area contributed by atoms with E-state index in [1.54, 1.807) is 6.20 Å². The first-order valence-corrected chi connectivity index (χ1v) is 6.47. The maximum absolute atomic E-state index is 11.4. The predicted molar refractivity (Wildman–Crippen MR) is 67.1 cm³/mol. The molecule has 1 heterocycles. The molecular formula is C12H20N4O2. The number of hydrogen-bond acceptors (Lipinski definition) is 5. The van der Waals surface area contributed by atoms with Crippen LogP contribution in [0.4, 0.5) is 5.82 Å². The van der Waals surface area contributed by atoms with Gasteiger partial charge in [0.25, 0.3) is 0 Å². The quantitative estimate of drug-likeness (QED) is 0.821. The van der Waals surface area contributed by atoms with Crippen molar-refractivity contribution in [1.29, 1.82) is 0 Å². The van der Waals surface area contributed by atoms with Crippen LogP contribution in [0.1, 0.15) is 32.6 Å². The number of hydrogen-bond donors (Lipinski definition) is 1. The standard InChI is InChI=1S/C12H20N4O2/c1-3-16-11(8-13-15-16)14-10-6-4-9(5-7-10)12(17)18-2/h8-10,14H,3-7H2,1-2H3. The summed E-state index contributed by atoms with van der Waals surface area (Å²) in [6.07, 6.45) is 5.48. The number of methoxy groups -OCH3 is 1. The number of ether oxygens (including phenoxy) is 1. The number of nitrogens with one attached hydrogen (secondary N) is 1. The van der Waals surface area contributed by atoms with Gasteiger partial charge in [-0.2, -0.15) is 0 Å². The van der Waals surface area contributed by atoms with Crippen molar-refractivity contribution >= 4 is 11.8 Å². The Labute approximate surface area is 107 Å². The minimum Gasteiger partial charge on any atom is -0.469 e. The fourth-order valence-corrected chi connectivity index (χ4v) is 2.45. The molecule has 6 nitrogen and oxygen atoms in total. The van der Waals surface area contributed by atoms with E-state index in [0.29, 0.717) is 6.04 Å². The zero-order valence-corrected chi connectivity index (χ0v) is 10.9. The highest BCUT2D eigenvalue weighted by atomic mass is 16.5. The maximum atomic E-state index is 11.4. The lowest BCUT2D eigenvalue weighted by molar-refractivity contribution is -0.146. The first-order valence-electron chi connectivity index (χ1n) is 6.47. The summed E-state index contributed by atoms with van der Waals surface area (Å²) >= 11 is 0. The summed E-state index contributed by atoms with van der Waals surface area (Å²) in [7, 11) is 1.46. The lowest BCUT2D eigenvalue weighted by Gasteiger charge is -2.28. The van der Waals surface area contributed by atoms with Gasteiger partial charge in [0.2, 0.25) is 0 Å². The molecule has 100 valence electrons. The average Bonchev–Trinajstić information content (AvgIpc) is 2.86. The van der Waals surface area contributed by atoms with Crippen molar-refractivity contribution < 1.29 is 9.53 Å². The minimum atomic E-state index is -0.0753. The van der Waals surface area contributed by atoms with E-state index < -0.39 is 0 Å². The topological polar surface area (TPSA) is 69.0 Å².